The Kier molecular flexibility index (Phi) is 3.69. The van der Waals surface area contributed by atoms with Gasteiger partial charge in [-0.1, -0.05) is 17.8 Å². The number of carbonyl (C=O) groups excluding carboxylic acids is 1. The van der Waals surface area contributed by atoms with Crippen LogP contribution in [-0.2, 0) is 0 Å². The highest BCUT2D eigenvalue weighted by Gasteiger charge is 2.36. The van der Waals surface area contributed by atoms with Gasteiger partial charge in [0.05, 0.1) is 5.69 Å². The fourth-order valence-corrected chi connectivity index (χ4v) is 4.35. The van der Waals surface area contributed by atoms with Crippen LogP contribution in [0.3, 0.4) is 0 Å². The zero-order chi connectivity index (χ0) is 14.3. The first-order chi connectivity index (χ1) is 9.54. The van der Waals surface area contributed by atoms with E-state index in [0.29, 0.717) is 22.1 Å². The SMILES string of the molecule is Cc1nc(N)sc1C(=O)NC1CC2CCCC(C1)N2C. The number of nitrogens with one attached hydrogen (secondary N) is 1. The van der Waals surface area contributed by atoms with Crippen LogP contribution in [0.15, 0.2) is 0 Å². The predicted molar refractivity (Wildman–Crippen MR) is 80.9 cm³/mol. The molecule has 2 saturated heterocycles. The molecule has 20 heavy (non-hydrogen) atoms. The Morgan fingerprint density at radius 1 is 1.40 bits per heavy atom. The Bertz CT molecular complexity index is 501. The Hall–Kier alpha value is -1.14. The molecule has 2 unspecified atom stereocenters. The van der Waals surface area contributed by atoms with E-state index in [1.165, 1.54) is 30.6 Å². The smallest absolute Gasteiger partial charge is 0.263 e. The molecule has 2 atom stereocenters. The van der Waals surface area contributed by atoms with Crippen LogP contribution >= 0.6 is 11.3 Å². The van der Waals surface area contributed by atoms with Gasteiger partial charge in [-0.25, -0.2) is 4.98 Å². The number of aromatic nitrogens is 1. The summed E-state index contributed by atoms with van der Waals surface area (Å²) in [5.41, 5.74) is 6.40. The molecule has 3 rings (SSSR count). The van der Waals surface area contributed by atoms with Gasteiger partial charge in [0.1, 0.15) is 4.88 Å². The minimum absolute atomic E-state index is 0.00988. The summed E-state index contributed by atoms with van der Waals surface area (Å²) in [7, 11) is 2.22. The molecule has 2 fully saturated rings. The fraction of sp³-hybridized carbons (Fsp3) is 0.714. The average Bonchev–Trinajstić information content (AvgIpc) is 2.70. The minimum atomic E-state index is -0.00988. The van der Waals surface area contributed by atoms with E-state index in [1.807, 2.05) is 6.92 Å². The van der Waals surface area contributed by atoms with Gasteiger partial charge in [-0.15, -0.1) is 0 Å². The molecule has 3 N–H and O–H groups in total. The van der Waals surface area contributed by atoms with Crippen LogP contribution in [0.4, 0.5) is 5.13 Å². The number of nitrogens with zero attached hydrogens (tertiary/aromatic N) is 2. The summed E-state index contributed by atoms with van der Waals surface area (Å²) in [5, 5.41) is 3.65. The molecule has 5 nitrogen and oxygen atoms in total. The summed E-state index contributed by atoms with van der Waals surface area (Å²) < 4.78 is 0. The molecule has 2 bridgehead atoms. The molecule has 1 aromatic rings. The van der Waals surface area contributed by atoms with E-state index in [9.17, 15) is 4.79 Å². The van der Waals surface area contributed by atoms with Gasteiger partial charge in [-0.2, -0.15) is 0 Å². The molecule has 0 aromatic carbocycles. The molecule has 3 heterocycles. The van der Waals surface area contributed by atoms with Gasteiger partial charge in [0.2, 0.25) is 0 Å². The monoisotopic (exact) mass is 294 g/mol. The summed E-state index contributed by atoms with van der Waals surface area (Å²) in [6.07, 6.45) is 5.96. The molecular formula is C14H22N4OS. The van der Waals surface area contributed by atoms with Gasteiger partial charge in [-0.05, 0) is 39.7 Å². The molecule has 0 radical (unpaired) electrons. The van der Waals surface area contributed by atoms with Crippen molar-refractivity contribution in [3.05, 3.63) is 10.6 Å². The van der Waals surface area contributed by atoms with Crippen molar-refractivity contribution in [2.24, 2.45) is 0 Å². The topological polar surface area (TPSA) is 71.2 Å². The van der Waals surface area contributed by atoms with Crippen LogP contribution in [0.5, 0.6) is 0 Å². The summed E-state index contributed by atoms with van der Waals surface area (Å²) in [6.45, 7) is 1.84. The minimum Gasteiger partial charge on any atom is -0.375 e. The summed E-state index contributed by atoms with van der Waals surface area (Å²) in [4.78, 5) is 19.6. The maximum atomic E-state index is 12.3. The van der Waals surface area contributed by atoms with Gasteiger partial charge in [0.25, 0.3) is 5.91 Å². The molecular weight excluding hydrogens is 272 g/mol. The quantitative estimate of drug-likeness (QED) is 0.872. The molecule has 2 aliphatic heterocycles. The standard InChI is InChI=1S/C14H22N4OS/c1-8-12(20-14(15)16-8)13(19)17-9-6-10-4-3-5-11(7-9)18(10)2/h9-11H,3-7H2,1-2H3,(H2,15,16)(H,17,19). The third kappa shape index (κ3) is 2.54. The van der Waals surface area contributed by atoms with Crippen molar-refractivity contribution < 1.29 is 4.79 Å². The zero-order valence-corrected chi connectivity index (χ0v) is 12.9. The van der Waals surface area contributed by atoms with E-state index in [0.717, 1.165) is 18.5 Å². The number of thiazole rings is 1. The largest absolute Gasteiger partial charge is 0.375 e. The lowest BCUT2D eigenvalue weighted by Crippen LogP contribution is -2.55. The number of rotatable bonds is 2. The second-order valence-electron chi connectivity index (χ2n) is 6.01. The molecule has 2 aliphatic rings. The first-order valence-electron chi connectivity index (χ1n) is 7.30. The van der Waals surface area contributed by atoms with E-state index in [4.69, 9.17) is 5.73 Å². The summed E-state index contributed by atoms with van der Waals surface area (Å²) in [5.74, 6) is -0.00988. The second kappa shape index (κ2) is 5.33. The molecule has 110 valence electrons. The summed E-state index contributed by atoms with van der Waals surface area (Å²) in [6, 6.07) is 1.54. The van der Waals surface area contributed by atoms with Crippen LogP contribution in [0.25, 0.3) is 0 Å². The lowest BCUT2D eigenvalue weighted by Gasteiger charge is -2.47. The van der Waals surface area contributed by atoms with Crippen molar-refractivity contribution in [3.8, 4) is 0 Å². The molecule has 1 aromatic heterocycles. The van der Waals surface area contributed by atoms with Crippen LogP contribution < -0.4 is 11.1 Å². The number of hydrogen-bond donors (Lipinski definition) is 2. The van der Waals surface area contributed by atoms with E-state index in [-0.39, 0.29) is 11.9 Å². The highest BCUT2D eigenvalue weighted by atomic mass is 32.1. The van der Waals surface area contributed by atoms with Gasteiger partial charge in [0.15, 0.2) is 5.13 Å². The normalized spacial score (nSPS) is 30.2. The first-order valence-corrected chi connectivity index (χ1v) is 8.12. The van der Waals surface area contributed by atoms with Gasteiger partial charge in [0, 0.05) is 18.1 Å². The Morgan fingerprint density at radius 2 is 2.05 bits per heavy atom. The number of aryl methyl sites for hydroxylation is 1. The van der Waals surface area contributed by atoms with E-state index in [1.54, 1.807) is 0 Å². The Morgan fingerprint density at radius 3 is 2.60 bits per heavy atom. The Labute approximate surface area is 123 Å². The van der Waals surface area contributed by atoms with Gasteiger partial charge in [-0.3, -0.25) is 4.79 Å². The highest BCUT2D eigenvalue weighted by molar-refractivity contribution is 7.17. The zero-order valence-electron chi connectivity index (χ0n) is 12.1. The van der Waals surface area contributed by atoms with Crippen molar-refractivity contribution >= 4 is 22.4 Å². The second-order valence-corrected chi connectivity index (χ2v) is 7.04. The van der Waals surface area contributed by atoms with Gasteiger partial charge < -0.3 is 16.0 Å². The van der Waals surface area contributed by atoms with Crippen molar-refractivity contribution in [3.63, 3.8) is 0 Å². The van der Waals surface area contributed by atoms with Crippen LogP contribution in [0, 0.1) is 6.92 Å². The number of anilines is 1. The number of piperidine rings is 2. The molecule has 0 spiro atoms. The first kappa shape index (κ1) is 13.8. The number of hydrogen-bond acceptors (Lipinski definition) is 5. The maximum absolute atomic E-state index is 12.3. The van der Waals surface area contributed by atoms with E-state index in [2.05, 4.69) is 22.2 Å². The van der Waals surface area contributed by atoms with Crippen LogP contribution in [0.1, 0.15) is 47.5 Å². The molecule has 0 aliphatic carbocycles. The van der Waals surface area contributed by atoms with Crippen molar-refractivity contribution in [2.45, 2.75) is 57.2 Å². The third-order valence-corrected chi connectivity index (χ3v) is 5.68. The number of fused-ring (bicyclic) bond motifs is 2. The summed E-state index contributed by atoms with van der Waals surface area (Å²) >= 11 is 1.28. The van der Waals surface area contributed by atoms with Crippen molar-refractivity contribution in [1.29, 1.82) is 0 Å². The number of nitrogens with two attached hydrogens (primary N) is 1. The third-order valence-electron chi connectivity index (χ3n) is 4.69. The van der Waals surface area contributed by atoms with Gasteiger partial charge >= 0.3 is 0 Å². The fourth-order valence-electron chi connectivity index (χ4n) is 3.61. The number of nitrogen functional groups attached to an aromatic ring is 1. The predicted octanol–water partition coefficient (Wildman–Crippen LogP) is 1.78. The molecule has 0 saturated carbocycles. The average molecular weight is 294 g/mol. The number of amides is 1. The lowest BCUT2D eigenvalue weighted by atomic mass is 9.82. The van der Waals surface area contributed by atoms with Crippen LogP contribution in [-0.4, -0.2) is 41.0 Å². The highest BCUT2D eigenvalue weighted by Crippen LogP contribution is 2.33. The lowest BCUT2D eigenvalue weighted by molar-refractivity contribution is 0.0463. The molecule has 6 heteroatoms. The molecule has 1 amide bonds. The maximum Gasteiger partial charge on any atom is 0.263 e. The van der Waals surface area contributed by atoms with E-state index < -0.39 is 0 Å². The van der Waals surface area contributed by atoms with Crippen molar-refractivity contribution in [2.75, 3.05) is 12.8 Å². The van der Waals surface area contributed by atoms with Crippen molar-refractivity contribution in [1.82, 2.24) is 15.2 Å². The van der Waals surface area contributed by atoms with Crippen LogP contribution in [0.2, 0.25) is 0 Å². The Balaban J connectivity index is 1.66. The van der Waals surface area contributed by atoms with E-state index >= 15 is 0 Å². The number of carbonyl (C=O) groups is 1.